The minimum Gasteiger partial charge on any atom is -0.379 e. The van der Waals surface area contributed by atoms with E-state index in [0.29, 0.717) is 0 Å². The van der Waals surface area contributed by atoms with Crippen molar-refractivity contribution >= 4 is 17.0 Å². The van der Waals surface area contributed by atoms with Crippen LogP contribution in [0.5, 0.6) is 0 Å². The van der Waals surface area contributed by atoms with Crippen LogP contribution in [0.4, 0.5) is 0 Å². The summed E-state index contributed by atoms with van der Waals surface area (Å²) in [6.45, 7) is 6.70. The van der Waals surface area contributed by atoms with Gasteiger partial charge in [0.15, 0.2) is 0 Å². The van der Waals surface area contributed by atoms with Crippen LogP contribution in [0, 0.1) is 12.8 Å². The molecule has 2 aliphatic rings. The lowest BCUT2D eigenvalue weighted by Gasteiger charge is -2.41. The van der Waals surface area contributed by atoms with Crippen molar-refractivity contribution in [1.29, 1.82) is 0 Å². The van der Waals surface area contributed by atoms with E-state index in [1.165, 1.54) is 20.9 Å². The minimum atomic E-state index is -0.523. The van der Waals surface area contributed by atoms with E-state index in [2.05, 4.69) is 143 Å². The van der Waals surface area contributed by atoms with E-state index >= 15 is 0 Å². The number of ether oxygens (including phenoxy) is 1. The first-order valence-corrected chi connectivity index (χ1v) is 16.9. The van der Waals surface area contributed by atoms with Gasteiger partial charge < -0.3 is 4.74 Å². The minimum absolute atomic E-state index is 0.183. The van der Waals surface area contributed by atoms with Crippen LogP contribution in [0.2, 0.25) is 0 Å². The van der Waals surface area contributed by atoms with Crippen molar-refractivity contribution in [3.05, 3.63) is 150 Å². The van der Waals surface area contributed by atoms with E-state index in [-0.39, 0.29) is 5.92 Å². The molecule has 1 aliphatic carbocycles. The Morgan fingerprint density at radius 2 is 1.63 bits per heavy atom. The second-order valence-corrected chi connectivity index (χ2v) is 13.3. The maximum Gasteiger partial charge on any atom is 0.137 e. The summed E-state index contributed by atoms with van der Waals surface area (Å²) in [5.74, 6) is 0.183. The molecule has 2 aromatic carbocycles. The summed E-state index contributed by atoms with van der Waals surface area (Å²) in [5, 5.41) is 5.32. The van der Waals surface area contributed by atoms with Gasteiger partial charge >= 0.3 is 0 Å². The zero-order valence-corrected chi connectivity index (χ0v) is 26.8. The van der Waals surface area contributed by atoms with Crippen LogP contribution in [0.15, 0.2) is 128 Å². The average molecular weight is 624 g/mol. The van der Waals surface area contributed by atoms with Gasteiger partial charge in [0.1, 0.15) is 11.2 Å². The van der Waals surface area contributed by atoms with Crippen LogP contribution >= 0.6 is 11.3 Å². The van der Waals surface area contributed by atoms with Gasteiger partial charge in [-0.25, -0.2) is 4.98 Å². The third kappa shape index (κ3) is 5.14. The second-order valence-electron chi connectivity index (χ2n) is 12.2. The van der Waals surface area contributed by atoms with E-state index in [9.17, 15) is 0 Å². The summed E-state index contributed by atoms with van der Waals surface area (Å²) in [4.78, 5) is 9.83. The molecule has 4 aromatic heterocycles. The Hall–Kier alpha value is -4.56. The number of aromatic nitrogens is 4. The lowest BCUT2D eigenvalue weighted by atomic mass is 9.70. The molecular weight excluding hydrogens is 587 g/mol. The third-order valence-electron chi connectivity index (χ3n) is 9.42. The van der Waals surface area contributed by atoms with Crippen LogP contribution < -0.4 is 0 Å². The SMILES string of the molecule is Cc1nn(C(c2ccccc2)(c2ccccc2)C2C=CC=CC2)cc1-c1ccc2ncc(-c3ccc(CN4CCOCC4)s3)n2c1. The van der Waals surface area contributed by atoms with Crippen molar-refractivity contribution in [3.63, 3.8) is 0 Å². The molecule has 0 amide bonds. The lowest BCUT2D eigenvalue weighted by Crippen LogP contribution is -2.43. The number of rotatable bonds is 8. The van der Waals surface area contributed by atoms with Crippen molar-refractivity contribution in [2.24, 2.45) is 5.92 Å². The number of allylic oxidation sites excluding steroid dienone is 4. The Morgan fingerprint density at radius 1 is 0.870 bits per heavy atom. The van der Waals surface area contributed by atoms with E-state index in [0.717, 1.165) is 67.4 Å². The molecule has 1 saturated heterocycles. The number of hydrogen-bond donors (Lipinski definition) is 0. The molecule has 6 aromatic rings. The molecule has 0 spiro atoms. The Kier molecular flexibility index (Phi) is 7.74. The van der Waals surface area contributed by atoms with Gasteiger partial charge in [-0.2, -0.15) is 5.10 Å². The number of hydrogen-bond acceptors (Lipinski definition) is 5. The molecule has 1 aliphatic heterocycles. The van der Waals surface area contributed by atoms with Gasteiger partial charge in [-0.3, -0.25) is 14.0 Å². The summed E-state index contributed by atoms with van der Waals surface area (Å²) in [7, 11) is 0. The summed E-state index contributed by atoms with van der Waals surface area (Å²) >= 11 is 1.85. The van der Waals surface area contributed by atoms with E-state index < -0.39 is 5.54 Å². The molecule has 0 radical (unpaired) electrons. The monoisotopic (exact) mass is 623 g/mol. The Morgan fingerprint density at radius 3 is 2.35 bits per heavy atom. The number of fused-ring (bicyclic) bond motifs is 1. The van der Waals surface area contributed by atoms with Crippen LogP contribution in [-0.4, -0.2) is 50.4 Å². The highest BCUT2D eigenvalue weighted by molar-refractivity contribution is 7.15. The molecular formula is C39H37N5OS. The molecule has 0 saturated carbocycles. The van der Waals surface area contributed by atoms with Gasteiger partial charge in [-0.15, -0.1) is 11.3 Å². The average Bonchev–Trinajstić information content (AvgIpc) is 3.85. The summed E-state index contributed by atoms with van der Waals surface area (Å²) in [6.07, 6.45) is 16.3. The highest BCUT2D eigenvalue weighted by Gasteiger charge is 2.44. The van der Waals surface area contributed by atoms with Gasteiger partial charge in [0.25, 0.3) is 0 Å². The fourth-order valence-electron chi connectivity index (χ4n) is 7.13. The van der Waals surface area contributed by atoms with Crippen molar-refractivity contribution in [1.82, 2.24) is 24.1 Å². The fourth-order valence-corrected chi connectivity index (χ4v) is 8.19. The molecule has 7 heteroatoms. The van der Waals surface area contributed by atoms with Crippen LogP contribution in [0.1, 0.15) is 28.1 Å². The van der Waals surface area contributed by atoms with Gasteiger partial charge in [0, 0.05) is 53.9 Å². The maximum absolute atomic E-state index is 5.54. The molecule has 46 heavy (non-hydrogen) atoms. The van der Waals surface area contributed by atoms with E-state index in [1.54, 1.807) is 0 Å². The Labute approximate surface area is 273 Å². The van der Waals surface area contributed by atoms with Gasteiger partial charge in [0.05, 0.1) is 35.7 Å². The first kappa shape index (κ1) is 28.9. The zero-order valence-electron chi connectivity index (χ0n) is 26.0. The molecule has 5 heterocycles. The van der Waals surface area contributed by atoms with E-state index in [1.807, 2.05) is 17.5 Å². The van der Waals surface area contributed by atoms with Gasteiger partial charge in [0.2, 0.25) is 0 Å². The number of morpholine rings is 1. The number of nitrogens with zero attached hydrogens (tertiary/aromatic N) is 5. The smallest absolute Gasteiger partial charge is 0.137 e. The first-order valence-electron chi connectivity index (χ1n) is 16.1. The molecule has 230 valence electrons. The topological polar surface area (TPSA) is 47.6 Å². The number of thiophene rings is 1. The molecule has 1 unspecified atom stereocenters. The lowest BCUT2D eigenvalue weighted by molar-refractivity contribution is 0.0346. The van der Waals surface area contributed by atoms with Crippen molar-refractivity contribution in [2.75, 3.05) is 26.3 Å². The third-order valence-corrected chi connectivity index (χ3v) is 10.5. The summed E-state index contributed by atoms with van der Waals surface area (Å²) in [5.41, 5.74) is 7.20. The number of imidazole rings is 1. The van der Waals surface area contributed by atoms with E-state index in [4.69, 9.17) is 14.8 Å². The fraction of sp³-hybridized carbons (Fsp3) is 0.231. The maximum atomic E-state index is 5.54. The second kappa shape index (κ2) is 12.3. The van der Waals surface area contributed by atoms with Gasteiger partial charge in [-0.05, 0) is 48.7 Å². The predicted octanol–water partition coefficient (Wildman–Crippen LogP) is 7.99. The van der Waals surface area contributed by atoms with Gasteiger partial charge in [-0.1, -0.05) is 85.0 Å². The summed E-state index contributed by atoms with van der Waals surface area (Å²) < 4.78 is 10.00. The quantitative estimate of drug-likeness (QED) is 0.172. The van der Waals surface area contributed by atoms with Crippen LogP contribution in [0.25, 0.3) is 27.3 Å². The van der Waals surface area contributed by atoms with Crippen LogP contribution in [0.3, 0.4) is 0 Å². The Bertz CT molecular complexity index is 1970. The largest absolute Gasteiger partial charge is 0.379 e. The molecule has 1 fully saturated rings. The standard InChI is InChI=1S/C39H37N5OS/c1-29-35(30-17-20-38-40-25-36(43(38)26-30)37-19-18-34(46-37)27-42-21-23-45-24-22-42)28-44(41-29)39(31-11-5-2-6-12-31,32-13-7-3-8-14-32)33-15-9-4-10-16-33/h2-15,17-20,25-26,28,33H,16,21-24,27H2,1H3. The van der Waals surface area contributed by atoms with Crippen molar-refractivity contribution < 1.29 is 4.74 Å². The number of aryl methyl sites for hydroxylation is 1. The molecule has 6 nitrogen and oxygen atoms in total. The Balaban J connectivity index is 1.21. The van der Waals surface area contributed by atoms with Crippen molar-refractivity contribution in [3.8, 4) is 21.7 Å². The predicted molar refractivity (Wildman–Crippen MR) is 186 cm³/mol. The van der Waals surface area contributed by atoms with Crippen LogP contribution in [-0.2, 0) is 16.8 Å². The molecule has 8 rings (SSSR count). The number of pyridine rings is 1. The molecule has 1 atom stereocenters. The highest BCUT2D eigenvalue weighted by Crippen LogP contribution is 2.45. The molecule has 0 bridgehead atoms. The number of benzene rings is 2. The zero-order chi connectivity index (χ0) is 30.9. The first-order chi connectivity index (χ1) is 22.7. The highest BCUT2D eigenvalue weighted by atomic mass is 32.1. The normalized spacial score (nSPS) is 17.2. The van der Waals surface area contributed by atoms with Crippen molar-refractivity contribution in [2.45, 2.75) is 25.4 Å². The summed E-state index contributed by atoms with van der Waals surface area (Å²) in [6, 6.07) is 30.5. The molecule has 0 N–H and O–H groups in total.